The van der Waals surface area contributed by atoms with Gasteiger partial charge >= 0.3 is 11.9 Å². The first kappa shape index (κ1) is 28.0. The minimum atomic E-state index is -1.98. The van der Waals surface area contributed by atoms with Crippen molar-refractivity contribution in [1.82, 2.24) is 19.5 Å². The van der Waals surface area contributed by atoms with Crippen LogP contribution in [-0.2, 0) is 33.3 Å². The molecule has 2 N–H and O–H groups in total. The Hall–Kier alpha value is -2.58. The Labute approximate surface area is 213 Å². The maximum absolute atomic E-state index is 12.5. The lowest BCUT2D eigenvalue weighted by Gasteiger charge is -2.27. The van der Waals surface area contributed by atoms with Crippen molar-refractivity contribution in [2.45, 2.75) is 70.9 Å². The summed E-state index contributed by atoms with van der Waals surface area (Å²) in [6.45, 7) is 7.49. The van der Waals surface area contributed by atoms with Gasteiger partial charge in [0.15, 0.2) is 29.0 Å². The van der Waals surface area contributed by atoms with Gasteiger partial charge in [-0.1, -0.05) is 0 Å². The minimum absolute atomic E-state index is 0.00563. The molecule has 2 aromatic rings. The molecule has 0 spiro atoms. The van der Waals surface area contributed by atoms with Crippen LogP contribution in [0.4, 0.5) is 5.82 Å². The Bertz CT molecular complexity index is 1070. The second-order valence-electron chi connectivity index (χ2n) is 8.69. The number of hydrogen-bond acceptors (Lipinski definition) is 12. The zero-order valence-corrected chi connectivity index (χ0v) is 21.9. The van der Waals surface area contributed by atoms with Crippen molar-refractivity contribution in [3.63, 3.8) is 0 Å². The summed E-state index contributed by atoms with van der Waals surface area (Å²) >= 11 is 6.10. The Morgan fingerprint density at radius 1 is 1.22 bits per heavy atom. The maximum atomic E-state index is 12.5. The molecule has 0 aliphatic carbocycles. The van der Waals surface area contributed by atoms with E-state index in [1.807, 2.05) is 0 Å². The van der Waals surface area contributed by atoms with Crippen LogP contribution >= 0.6 is 11.6 Å². The first-order valence-electron chi connectivity index (χ1n) is 11.5. The molecule has 200 valence electrons. The van der Waals surface area contributed by atoms with E-state index in [9.17, 15) is 14.7 Å². The standard InChI is InChI=1S/C22H32ClN5O8/c1-7-32-18(29)22(5,19(30)33-8-2)34-10-12-9-13(36-21(3,4)31)17(35-12)28-11-25-14-15(24-6)26-20(23)27-16(14)28/h11-13,17,31H,7-10H2,1-6H3,(H,24,26,27)/t12-,13+,17+/m0/s1. The molecule has 0 unspecified atom stereocenters. The monoisotopic (exact) mass is 529 g/mol. The summed E-state index contributed by atoms with van der Waals surface area (Å²) in [6, 6.07) is 0. The summed E-state index contributed by atoms with van der Waals surface area (Å²) in [7, 11) is 1.68. The van der Waals surface area contributed by atoms with Gasteiger partial charge in [0.1, 0.15) is 6.10 Å². The van der Waals surface area contributed by atoms with Crippen LogP contribution in [0, 0.1) is 0 Å². The summed E-state index contributed by atoms with van der Waals surface area (Å²) in [5, 5.41) is 13.3. The van der Waals surface area contributed by atoms with Crippen molar-refractivity contribution in [2.75, 3.05) is 32.2 Å². The van der Waals surface area contributed by atoms with E-state index in [0.717, 1.165) is 0 Å². The molecule has 3 rings (SSSR count). The highest BCUT2D eigenvalue weighted by Crippen LogP contribution is 2.36. The average molecular weight is 530 g/mol. The van der Waals surface area contributed by atoms with Crippen LogP contribution in [0.25, 0.3) is 11.2 Å². The zero-order valence-electron chi connectivity index (χ0n) is 21.1. The molecule has 0 amide bonds. The molecule has 0 saturated carbocycles. The maximum Gasteiger partial charge on any atom is 0.349 e. The SMILES string of the molecule is CCOC(=O)C(C)(OC[C@@H]1C[C@@H](OC(C)(C)O)[C@H](n2cnc3c(NC)nc(Cl)nc32)O1)C(=O)OCC. The van der Waals surface area contributed by atoms with Crippen LogP contribution in [0.3, 0.4) is 0 Å². The predicted molar refractivity (Wildman–Crippen MR) is 127 cm³/mol. The van der Waals surface area contributed by atoms with Gasteiger partial charge in [-0.3, -0.25) is 4.57 Å². The summed E-state index contributed by atoms with van der Waals surface area (Å²) in [5.41, 5.74) is -1.13. The van der Waals surface area contributed by atoms with Crippen molar-refractivity contribution in [2.24, 2.45) is 0 Å². The smallest absolute Gasteiger partial charge is 0.349 e. The van der Waals surface area contributed by atoms with E-state index in [-0.39, 0.29) is 31.5 Å². The number of imidazole rings is 1. The number of carbonyl (C=O) groups excluding carboxylic acids is 2. The fraction of sp³-hybridized carbons (Fsp3) is 0.682. The van der Waals surface area contributed by atoms with Crippen LogP contribution in [0.5, 0.6) is 0 Å². The lowest BCUT2D eigenvalue weighted by atomic mass is 10.1. The van der Waals surface area contributed by atoms with Gasteiger partial charge in [-0.2, -0.15) is 9.97 Å². The topological polar surface area (TPSA) is 156 Å². The van der Waals surface area contributed by atoms with Gasteiger partial charge in [0.2, 0.25) is 5.28 Å². The van der Waals surface area contributed by atoms with Gasteiger partial charge < -0.3 is 34.1 Å². The third-order valence-electron chi connectivity index (χ3n) is 5.38. The molecule has 0 bridgehead atoms. The number of nitrogens with zero attached hydrogens (tertiary/aromatic N) is 4. The number of rotatable bonds is 11. The Morgan fingerprint density at radius 2 is 1.86 bits per heavy atom. The highest BCUT2D eigenvalue weighted by Gasteiger charge is 2.48. The summed E-state index contributed by atoms with van der Waals surface area (Å²) < 4.78 is 29.5. The summed E-state index contributed by atoms with van der Waals surface area (Å²) in [5.74, 6) is -2.78. The van der Waals surface area contributed by atoms with Crippen LogP contribution in [-0.4, -0.2) is 87.0 Å². The molecule has 1 aliphatic rings. The Morgan fingerprint density at radius 3 is 2.42 bits per heavy atom. The number of hydrogen-bond donors (Lipinski definition) is 2. The van der Waals surface area contributed by atoms with Crippen LogP contribution in [0.15, 0.2) is 6.33 Å². The van der Waals surface area contributed by atoms with E-state index in [1.165, 1.54) is 27.1 Å². The molecule has 14 heteroatoms. The van der Waals surface area contributed by atoms with Crippen LogP contribution < -0.4 is 5.32 Å². The molecule has 1 saturated heterocycles. The molecule has 36 heavy (non-hydrogen) atoms. The molecule has 3 heterocycles. The molecule has 1 fully saturated rings. The zero-order chi connectivity index (χ0) is 26.7. The summed E-state index contributed by atoms with van der Waals surface area (Å²) in [4.78, 5) is 37.8. The van der Waals surface area contributed by atoms with E-state index in [0.29, 0.717) is 17.0 Å². The van der Waals surface area contributed by atoms with Crippen molar-refractivity contribution in [3.8, 4) is 0 Å². The van der Waals surface area contributed by atoms with Crippen molar-refractivity contribution < 1.29 is 38.4 Å². The Balaban J connectivity index is 1.88. The Kier molecular flexibility index (Phi) is 8.72. The van der Waals surface area contributed by atoms with Gasteiger partial charge in [0, 0.05) is 13.5 Å². The van der Waals surface area contributed by atoms with E-state index in [4.69, 9.17) is 35.3 Å². The number of carbonyl (C=O) groups is 2. The minimum Gasteiger partial charge on any atom is -0.463 e. The third-order valence-corrected chi connectivity index (χ3v) is 5.55. The van der Waals surface area contributed by atoms with Crippen LogP contribution in [0.2, 0.25) is 5.28 Å². The van der Waals surface area contributed by atoms with E-state index in [2.05, 4.69) is 20.3 Å². The molecule has 2 aromatic heterocycles. The van der Waals surface area contributed by atoms with Gasteiger partial charge in [-0.05, 0) is 46.2 Å². The number of halogens is 1. The number of fused-ring (bicyclic) bond motifs is 1. The second-order valence-corrected chi connectivity index (χ2v) is 9.03. The van der Waals surface area contributed by atoms with Gasteiger partial charge in [-0.25, -0.2) is 14.6 Å². The number of aromatic nitrogens is 4. The van der Waals surface area contributed by atoms with E-state index >= 15 is 0 Å². The second kappa shape index (κ2) is 11.2. The quantitative estimate of drug-likeness (QED) is 0.188. The lowest BCUT2D eigenvalue weighted by molar-refractivity contribution is -0.223. The molecule has 13 nitrogen and oxygen atoms in total. The summed E-state index contributed by atoms with van der Waals surface area (Å²) in [6.07, 6.45) is -0.328. The number of aliphatic hydroxyl groups is 1. The fourth-order valence-electron chi connectivity index (χ4n) is 3.79. The van der Waals surface area contributed by atoms with E-state index < -0.39 is 41.8 Å². The molecular weight excluding hydrogens is 498 g/mol. The number of nitrogens with one attached hydrogen (secondary N) is 1. The highest BCUT2D eigenvalue weighted by atomic mass is 35.5. The van der Waals surface area contributed by atoms with Gasteiger partial charge in [-0.15, -0.1) is 0 Å². The molecule has 0 aromatic carbocycles. The van der Waals surface area contributed by atoms with E-state index in [1.54, 1.807) is 25.5 Å². The average Bonchev–Trinajstić information content (AvgIpc) is 3.39. The number of ether oxygens (including phenoxy) is 5. The van der Waals surface area contributed by atoms with Crippen LogP contribution in [0.1, 0.15) is 47.3 Å². The first-order valence-corrected chi connectivity index (χ1v) is 11.9. The molecular formula is C22H32ClN5O8. The fourth-order valence-corrected chi connectivity index (χ4v) is 3.96. The first-order chi connectivity index (χ1) is 16.9. The van der Waals surface area contributed by atoms with Crippen molar-refractivity contribution in [3.05, 3.63) is 11.6 Å². The number of anilines is 1. The normalized spacial score (nSPS) is 20.5. The predicted octanol–water partition coefficient (Wildman–Crippen LogP) is 1.82. The molecule has 1 aliphatic heterocycles. The third kappa shape index (κ3) is 6.03. The molecule has 3 atom stereocenters. The highest BCUT2D eigenvalue weighted by molar-refractivity contribution is 6.28. The van der Waals surface area contributed by atoms with Crippen molar-refractivity contribution >= 4 is 40.5 Å². The largest absolute Gasteiger partial charge is 0.463 e. The molecule has 0 radical (unpaired) electrons. The number of esters is 2. The van der Waals surface area contributed by atoms with Gasteiger partial charge in [0.25, 0.3) is 5.60 Å². The van der Waals surface area contributed by atoms with Gasteiger partial charge in [0.05, 0.1) is 32.3 Å². The van der Waals surface area contributed by atoms with Crippen molar-refractivity contribution in [1.29, 1.82) is 0 Å². The lowest BCUT2D eigenvalue weighted by Crippen LogP contribution is -2.49.